The molecule has 0 fully saturated rings. The molecule has 0 unspecified atom stereocenters. The molecule has 2 rings (SSSR count). The van der Waals surface area contributed by atoms with E-state index in [9.17, 15) is 8.42 Å². The number of hydrogen-bond donors (Lipinski definition) is 2. The van der Waals surface area contributed by atoms with Crippen LogP contribution in [0.15, 0.2) is 47.4 Å². The Morgan fingerprint density at radius 3 is 2.62 bits per heavy atom. The zero-order valence-electron chi connectivity index (χ0n) is 11.5. The van der Waals surface area contributed by atoms with Crippen molar-refractivity contribution in [3.63, 3.8) is 0 Å². The predicted octanol–water partition coefficient (Wildman–Crippen LogP) is 1.93. The fourth-order valence-electron chi connectivity index (χ4n) is 2.04. The molecule has 0 aliphatic heterocycles. The summed E-state index contributed by atoms with van der Waals surface area (Å²) in [5.41, 5.74) is 7.77. The minimum Gasteiger partial charge on any atom is -0.398 e. The molecule has 0 saturated carbocycles. The molecule has 0 spiro atoms. The van der Waals surface area contributed by atoms with Gasteiger partial charge < -0.3 is 5.73 Å². The summed E-state index contributed by atoms with van der Waals surface area (Å²) in [6.45, 7) is 1.80. The molecular formula is C15H15N3O2S. The van der Waals surface area contributed by atoms with E-state index >= 15 is 0 Å². The van der Waals surface area contributed by atoms with Crippen LogP contribution >= 0.6 is 0 Å². The third-order valence-corrected chi connectivity index (χ3v) is 4.65. The van der Waals surface area contributed by atoms with Crippen LogP contribution in [0.25, 0.3) is 0 Å². The molecule has 0 heterocycles. The number of nitrogens with zero attached hydrogens (tertiary/aromatic N) is 1. The van der Waals surface area contributed by atoms with Gasteiger partial charge in [0.05, 0.1) is 17.3 Å². The van der Waals surface area contributed by atoms with Gasteiger partial charge in [0.15, 0.2) is 0 Å². The molecule has 0 bridgehead atoms. The Hall–Kier alpha value is -2.36. The van der Waals surface area contributed by atoms with Crippen LogP contribution in [-0.2, 0) is 16.6 Å². The average molecular weight is 301 g/mol. The van der Waals surface area contributed by atoms with Crippen molar-refractivity contribution in [3.8, 4) is 6.07 Å². The highest BCUT2D eigenvalue weighted by Crippen LogP contribution is 2.22. The monoisotopic (exact) mass is 301 g/mol. The lowest BCUT2D eigenvalue weighted by Gasteiger charge is -2.11. The van der Waals surface area contributed by atoms with Gasteiger partial charge >= 0.3 is 0 Å². The summed E-state index contributed by atoms with van der Waals surface area (Å²) < 4.78 is 27.2. The van der Waals surface area contributed by atoms with Crippen molar-refractivity contribution in [2.45, 2.75) is 18.4 Å². The molecule has 3 N–H and O–H groups in total. The third kappa shape index (κ3) is 3.40. The van der Waals surface area contributed by atoms with Gasteiger partial charge in [0.2, 0.25) is 10.0 Å². The Bertz CT molecular complexity index is 788. The van der Waals surface area contributed by atoms with Crippen LogP contribution in [0.5, 0.6) is 0 Å². The zero-order chi connectivity index (χ0) is 15.5. The molecule has 0 amide bonds. The van der Waals surface area contributed by atoms with E-state index in [4.69, 9.17) is 11.0 Å². The van der Waals surface area contributed by atoms with Crippen molar-refractivity contribution in [3.05, 3.63) is 59.2 Å². The number of benzene rings is 2. The van der Waals surface area contributed by atoms with Gasteiger partial charge in [-0.05, 0) is 36.2 Å². The molecule has 6 heteroatoms. The quantitative estimate of drug-likeness (QED) is 0.843. The number of nitriles is 1. The Kier molecular flexibility index (Phi) is 4.26. The molecule has 5 nitrogen and oxygen atoms in total. The Labute approximate surface area is 124 Å². The van der Waals surface area contributed by atoms with Gasteiger partial charge in [0.25, 0.3) is 0 Å². The first-order chi connectivity index (χ1) is 9.94. The van der Waals surface area contributed by atoms with E-state index in [0.717, 1.165) is 0 Å². The maximum absolute atomic E-state index is 12.3. The number of nitrogens with one attached hydrogen (secondary N) is 1. The number of nitrogen functional groups attached to an aromatic ring is 1. The van der Waals surface area contributed by atoms with E-state index in [1.54, 1.807) is 49.4 Å². The molecule has 0 radical (unpaired) electrons. The number of rotatable bonds is 4. The van der Waals surface area contributed by atoms with Crippen molar-refractivity contribution in [1.82, 2.24) is 4.72 Å². The van der Waals surface area contributed by atoms with Crippen LogP contribution in [0.3, 0.4) is 0 Å². The number of aryl methyl sites for hydroxylation is 1. The van der Waals surface area contributed by atoms with Crippen molar-refractivity contribution in [2.24, 2.45) is 0 Å². The minimum absolute atomic E-state index is 0.0986. The Morgan fingerprint density at radius 1 is 1.24 bits per heavy atom. The summed E-state index contributed by atoms with van der Waals surface area (Å²) in [4.78, 5) is 0.0986. The van der Waals surface area contributed by atoms with Gasteiger partial charge in [0, 0.05) is 6.54 Å². The van der Waals surface area contributed by atoms with Gasteiger partial charge in [-0.3, -0.25) is 0 Å². The van der Waals surface area contributed by atoms with Gasteiger partial charge in [-0.15, -0.1) is 0 Å². The maximum atomic E-state index is 12.3. The normalized spacial score (nSPS) is 11.0. The van der Waals surface area contributed by atoms with Gasteiger partial charge in [0.1, 0.15) is 4.90 Å². The number of hydrogen-bond acceptors (Lipinski definition) is 4. The molecule has 0 saturated heterocycles. The summed E-state index contributed by atoms with van der Waals surface area (Å²) in [5.74, 6) is 0. The lowest BCUT2D eigenvalue weighted by atomic mass is 10.1. The van der Waals surface area contributed by atoms with E-state index in [-0.39, 0.29) is 17.1 Å². The van der Waals surface area contributed by atoms with Crippen molar-refractivity contribution in [2.75, 3.05) is 5.73 Å². The van der Waals surface area contributed by atoms with Crippen LogP contribution in [0, 0.1) is 18.3 Å². The fourth-order valence-corrected chi connectivity index (χ4v) is 3.41. The van der Waals surface area contributed by atoms with Gasteiger partial charge in [-0.1, -0.05) is 24.3 Å². The number of sulfonamides is 1. The highest BCUT2D eigenvalue weighted by molar-refractivity contribution is 7.89. The molecule has 0 aliphatic carbocycles. The molecular weight excluding hydrogens is 286 g/mol. The first-order valence-electron chi connectivity index (χ1n) is 6.28. The van der Waals surface area contributed by atoms with E-state index in [1.807, 2.05) is 6.07 Å². The topological polar surface area (TPSA) is 96.0 Å². The molecule has 108 valence electrons. The largest absolute Gasteiger partial charge is 0.398 e. The van der Waals surface area contributed by atoms with E-state index in [0.29, 0.717) is 16.7 Å². The third-order valence-electron chi connectivity index (χ3n) is 3.03. The van der Waals surface area contributed by atoms with Gasteiger partial charge in [-0.25, -0.2) is 13.1 Å². The molecule has 2 aromatic carbocycles. The smallest absolute Gasteiger partial charge is 0.243 e. The second kappa shape index (κ2) is 5.95. The molecule has 21 heavy (non-hydrogen) atoms. The second-order valence-electron chi connectivity index (χ2n) is 4.63. The van der Waals surface area contributed by atoms with E-state index in [1.165, 1.54) is 0 Å². The average Bonchev–Trinajstić information content (AvgIpc) is 2.45. The molecule has 2 aromatic rings. The van der Waals surface area contributed by atoms with E-state index < -0.39 is 10.0 Å². The van der Waals surface area contributed by atoms with Crippen molar-refractivity contribution >= 4 is 15.7 Å². The summed E-state index contributed by atoms with van der Waals surface area (Å²) in [6.07, 6.45) is 0. The highest BCUT2D eigenvalue weighted by Gasteiger charge is 2.19. The van der Waals surface area contributed by atoms with Crippen LogP contribution in [-0.4, -0.2) is 8.42 Å². The standard InChI is InChI=1S/C15H15N3O2S/c1-11-4-2-7-14(17)15(11)21(19,20)18-10-13-6-3-5-12(8-13)9-16/h2-8,18H,10,17H2,1H3. The summed E-state index contributed by atoms with van der Waals surface area (Å²) in [6, 6.07) is 13.7. The number of anilines is 1. The zero-order valence-corrected chi connectivity index (χ0v) is 12.3. The lowest BCUT2D eigenvalue weighted by molar-refractivity contribution is 0.581. The summed E-state index contributed by atoms with van der Waals surface area (Å²) >= 11 is 0. The van der Waals surface area contributed by atoms with Crippen LogP contribution < -0.4 is 10.5 Å². The van der Waals surface area contributed by atoms with E-state index in [2.05, 4.69) is 4.72 Å². The SMILES string of the molecule is Cc1cccc(N)c1S(=O)(=O)NCc1cccc(C#N)c1. The first kappa shape index (κ1) is 15.0. The number of nitrogens with two attached hydrogens (primary N) is 1. The summed E-state index contributed by atoms with van der Waals surface area (Å²) in [7, 11) is -3.70. The molecule has 0 atom stereocenters. The molecule has 0 aromatic heterocycles. The summed E-state index contributed by atoms with van der Waals surface area (Å²) in [5, 5.41) is 8.84. The van der Waals surface area contributed by atoms with Crippen molar-refractivity contribution < 1.29 is 8.42 Å². The van der Waals surface area contributed by atoms with Crippen LogP contribution in [0.2, 0.25) is 0 Å². The Morgan fingerprint density at radius 2 is 1.95 bits per heavy atom. The van der Waals surface area contributed by atoms with Gasteiger partial charge in [-0.2, -0.15) is 5.26 Å². The van der Waals surface area contributed by atoms with Crippen LogP contribution in [0.1, 0.15) is 16.7 Å². The minimum atomic E-state index is -3.70. The predicted molar refractivity (Wildman–Crippen MR) is 80.8 cm³/mol. The first-order valence-corrected chi connectivity index (χ1v) is 7.76. The fraction of sp³-hybridized carbons (Fsp3) is 0.133. The lowest BCUT2D eigenvalue weighted by Crippen LogP contribution is -2.25. The van der Waals surface area contributed by atoms with Crippen molar-refractivity contribution in [1.29, 1.82) is 5.26 Å². The second-order valence-corrected chi connectivity index (χ2v) is 6.33. The highest BCUT2D eigenvalue weighted by atomic mass is 32.2. The maximum Gasteiger partial charge on any atom is 0.243 e. The van der Waals surface area contributed by atoms with Crippen LogP contribution in [0.4, 0.5) is 5.69 Å². The molecule has 0 aliphatic rings. The Balaban J connectivity index is 2.24.